The predicted molar refractivity (Wildman–Crippen MR) is 77.8 cm³/mol. The van der Waals surface area contributed by atoms with Crippen LogP contribution in [0.2, 0.25) is 0 Å². The number of nitrogens with one attached hydrogen (secondary N) is 1. The number of amides is 1. The van der Waals surface area contributed by atoms with E-state index >= 15 is 0 Å². The molecule has 0 atom stereocenters. The number of carbonyl (C=O) groups is 1. The van der Waals surface area contributed by atoms with Crippen molar-refractivity contribution in [1.82, 2.24) is 5.32 Å². The summed E-state index contributed by atoms with van der Waals surface area (Å²) in [5, 5.41) is 2.87. The molecule has 1 heterocycles. The molecule has 0 bridgehead atoms. The van der Waals surface area contributed by atoms with Crippen LogP contribution in [0, 0.1) is 0 Å². The fraction of sp³-hybridized carbons (Fsp3) is 0.545. The Bertz CT molecular complexity index is 349. The summed E-state index contributed by atoms with van der Waals surface area (Å²) in [5.41, 5.74) is 0. The highest BCUT2D eigenvalue weighted by Crippen LogP contribution is 2.32. The number of hydrogen-bond acceptors (Lipinski definition) is 3. The van der Waals surface area contributed by atoms with Gasteiger partial charge < -0.3 is 10.1 Å². The molecule has 0 aliphatic rings. The molecule has 1 aromatic heterocycles. The summed E-state index contributed by atoms with van der Waals surface area (Å²) >= 11 is 8.15. The summed E-state index contributed by atoms with van der Waals surface area (Å²) in [6, 6.07) is 1.82. The molecule has 0 saturated carbocycles. The van der Waals surface area contributed by atoms with Gasteiger partial charge in [0.2, 0.25) is 0 Å². The summed E-state index contributed by atoms with van der Waals surface area (Å²) < 4.78 is 7.18. The average Bonchev–Trinajstić information content (AvgIpc) is 2.64. The highest BCUT2D eigenvalue weighted by atomic mass is 79.9. The Morgan fingerprint density at radius 3 is 2.82 bits per heavy atom. The van der Waals surface area contributed by atoms with Gasteiger partial charge >= 0.3 is 0 Å². The molecular formula is C11H15Br2NO2S. The third-order valence-electron chi connectivity index (χ3n) is 1.97. The van der Waals surface area contributed by atoms with Gasteiger partial charge in [0.1, 0.15) is 0 Å². The molecule has 0 aliphatic carbocycles. The van der Waals surface area contributed by atoms with Gasteiger partial charge in [-0.05, 0) is 50.8 Å². The van der Waals surface area contributed by atoms with Crippen molar-refractivity contribution in [3.8, 4) is 0 Å². The molecule has 0 radical (unpaired) electrons. The van der Waals surface area contributed by atoms with Gasteiger partial charge in [0.15, 0.2) is 0 Å². The van der Waals surface area contributed by atoms with E-state index in [9.17, 15) is 4.79 Å². The molecule has 0 aromatic carbocycles. The molecule has 17 heavy (non-hydrogen) atoms. The van der Waals surface area contributed by atoms with E-state index in [-0.39, 0.29) is 5.91 Å². The molecule has 0 aliphatic heterocycles. The zero-order valence-electron chi connectivity index (χ0n) is 9.59. The molecule has 96 valence electrons. The van der Waals surface area contributed by atoms with Gasteiger partial charge in [-0.15, -0.1) is 11.3 Å². The minimum Gasteiger partial charge on any atom is -0.381 e. The lowest BCUT2D eigenvalue weighted by molar-refractivity contribution is 0.0945. The lowest BCUT2D eigenvalue weighted by atomic mass is 10.4. The third-order valence-corrected chi connectivity index (χ3v) is 5.22. The van der Waals surface area contributed by atoms with Gasteiger partial charge in [-0.25, -0.2) is 0 Å². The molecule has 1 N–H and O–H groups in total. The predicted octanol–water partition coefficient (Wildman–Crippen LogP) is 3.82. The van der Waals surface area contributed by atoms with Gasteiger partial charge in [0.25, 0.3) is 5.91 Å². The molecule has 0 fully saturated rings. The van der Waals surface area contributed by atoms with Crippen LogP contribution in [0.1, 0.15) is 29.4 Å². The molecule has 0 spiro atoms. The number of carbonyl (C=O) groups excluding carboxylic acids is 1. The first-order chi connectivity index (χ1) is 8.15. The number of thiophene rings is 1. The third kappa shape index (κ3) is 5.50. The smallest absolute Gasteiger partial charge is 0.261 e. The maximum Gasteiger partial charge on any atom is 0.261 e. The Labute approximate surface area is 122 Å². The van der Waals surface area contributed by atoms with Crippen LogP contribution in [0.5, 0.6) is 0 Å². The molecule has 0 saturated heterocycles. The van der Waals surface area contributed by atoms with Gasteiger partial charge in [0, 0.05) is 24.2 Å². The first kappa shape index (κ1) is 15.1. The van der Waals surface area contributed by atoms with E-state index < -0.39 is 0 Å². The van der Waals surface area contributed by atoms with E-state index in [1.54, 1.807) is 0 Å². The Balaban J connectivity index is 2.21. The first-order valence-electron chi connectivity index (χ1n) is 5.46. The second kappa shape index (κ2) is 8.24. The van der Waals surface area contributed by atoms with E-state index in [0.29, 0.717) is 18.0 Å². The highest BCUT2D eigenvalue weighted by molar-refractivity contribution is 9.13. The first-order valence-corrected chi connectivity index (χ1v) is 7.86. The van der Waals surface area contributed by atoms with Crippen molar-refractivity contribution in [3.63, 3.8) is 0 Å². The monoisotopic (exact) mass is 383 g/mol. The van der Waals surface area contributed by atoms with Crippen molar-refractivity contribution in [1.29, 1.82) is 0 Å². The van der Waals surface area contributed by atoms with Gasteiger partial charge in [-0.1, -0.05) is 6.92 Å². The number of rotatable bonds is 7. The topological polar surface area (TPSA) is 38.3 Å². The van der Waals surface area contributed by atoms with Gasteiger partial charge in [-0.3, -0.25) is 4.79 Å². The average molecular weight is 385 g/mol. The fourth-order valence-corrected chi connectivity index (χ4v) is 3.12. The molecular weight excluding hydrogens is 370 g/mol. The summed E-state index contributed by atoms with van der Waals surface area (Å²) in [4.78, 5) is 12.4. The second-order valence-corrected chi connectivity index (χ2v) is 6.68. The molecule has 1 aromatic rings. The van der Waals surface area contributed by atoms with Crippen LogP contribution < -0.4 is 5.32 Å². The van der Waals surface area contributed by atoms with Crippen molar-refractivity contribution < 1.29 is 9.53 Å². The Kier molecular flexibility index (Phi) is 7.34. The van der Waals surface area contributed by atoms with Crippen molar-refractivity contribution in [2.45, 2.75) is 19.8 Å². The van der Waals surface area contributed by atoms with Crippen LogP contribution in [0.4, 0.5) is 0 Å². The van der Waals surface area contributed by atoms with Crippen LogP contribution in [0.15, 0.2) is 14.3 Å². The lowest BCUT2D eigenvalue weighted by Gasteiger charge is -2.04. The zero-order valence-corrected chi connectivity index (χ0v) is 13.6. The fourth-order valence-electron chi connectivity index (χ4n) is 1.17. The zero-order chi connectivity index (χ0) is 12.7. The summed E-state index contributed by atoms with van der Waals surface area (Å²) in [7, 11) is 0. The van der Waals surface area contributed by atoms with E-state index in [0.717, 1.165) is 27.7 Å². The Morgan fingerprint density at radius 1 is 1.47 bits per heavy atom. The van der Waals surface area contributed by atoms with E-state index in [1.807, 2.05) is 6.07 Å². The minimum absolute atomic E-state index is 0.0307. The maximum absolute atomic E-state index is 11.7. The van der Waals surface area contributed by atoms with E-state index in [4.69, 9.17) is 4.74 Å². The van der Waals surface area contributed by atoms with E-state index in [1.165, 1.54) is 11.3 Å². The second-order valence-electron chi connectivity index (χ2n) is 3.45. The van der Waals surface area contributed by atoms with Crippen LogP contribution in [-0.2, 0) is 4.74 Å². The minimum atomic E-state index is -0.0307. The van der Waals surface area contributed by atoms with Crippen molar-refractivity contribution in [2.24, 2.45) is 0 Å². The molecule has 1 amide bonds. The lowest BCUT2D eigenvalue weighted by Crippen LogP contribution is -2.24. The summed E-state index contributed by atoms with van der Waals surface area (Å²) in [6.45, 7) is 4.22. The van der Waals surface area contributed by atoms with Crippen LogP contribution in [-0.4, -0.2) is 25.7 Å². The van der Waals surface area contributed by atoms with Crippen LogP contribution in [0.3, 0.4) is 0 Å². The summed E-state index contributed by atoms with van der Waals surface area (Å²) in [6.07, 6.45) is 1.88. The number of halogens is 2. The van der Waals surface area contributed by atoms with Gasteiger partial charge in [-0.2, -0.15) is 0 Å². The van der Waals surface area contributed by atoms with Crippen LogP contribution >= 0.6 is 43.2 Å². The van der Waals surface area contributed by atoms with Crippen molar-refractivity contribution >= 4 is 49.1 Å². The Hall–Kier alpha value is 0.0900. The quantitative estimate of drug-likeness (QED) is 0.725. The molecule has 1 rings (SSSR count). The summed E-state index contributed by atoms with van der Waals surface area (Å²) in [5.74, 6) is -0.0307. The van der Waals surface area contributed by atoms with Crippen LogP contribution in [0.25, 0.3) is 0 Å². The molecule has 6 heteroatoms. The Morgan fingerprint density at radius 2 is 2.24 bits per heavy atom. The standard InChI is InChI=1S/C11H15Br2NO2S/c1-2-5-16-6-3-4-14-11(15)9-7-8(12)10(13)17-9/h7H,2-6H2,1H3,(H,14,15). The number of hydrogen-bond donors (Lipinski definition) is 1. The van der Waals surface area contributed by atoms with Crippen molar-refractivity contribution in [2.75, 3.05) is 19.8 Å². The SMILES string of the molecule is CCCOCCCNC(=O)c1cc(Br)c(Br)s1. The van der Waals surface area contributed by atoms with Crippen molar-refractivity contribution in [3.05, 3.63) is 19.2 Å². The van der Waals surface area contributed by atoms with Gasteiger partial charge in [0.05, 0.1) is 8.66 Å². The largest absolute Gasteiger partial charge is 0.381 e. The number of ether oxygens (including phenoxy) is 1. The molecule has 0 unspecified atom stereocenters. The normalized spacial score (nSPS) is 10.5. The van der Waals surface area contributed by atoms with E-state index in [2.05, 4.69) is 44.1 Å². The molecule has 3 nitrogen and oxygen atoms in total. The maximum atomic E-state index is 11.7. The highest BCUT2D eigenvalue weighted by Gasteiger charge is 2.10.